The van der Waals surface area contributed by atoms with Crippen molar-refractivity contribution in [3.8, 4) is 45.4 Å². The van der Waals surface area contributed by atoms with Crippen LogP contribution in [0.25, 0.3) is 55.4 Å². The molecule has 4 aromatic carbocycles. The first-order valence-corrected chi connectivity index (χ1v) is 28.5. The van der Waals surface area contributed by atoms with E-state index in [2.05, 4.69) is 54.1 Å². The van der Waals surface area contributed by atoms with Crippen molar-refractivity contribution >= 4 is 39.4 Å². The van der Waals surface area contributed by atoms with Gasteiger partial charge in [0.2, 0.25) is 11.8 Å². The highest BCUT2D eigenvalue weighted by molar-refractivity contribution is 6.06. The summed E-state index contributed by atoms with van der Waals surface area (Å²) in [7, 11) is 1.63. The van der Waals surface area contributed by atoms with Gasteiger partial charge >= 0.3 is 6.01 Å². The molecule has 8 aromatic rings. The fraction of sp³-hybridized carbons (Fsp3) is 0.443. The van der Waals surface area contributed by atoms with Crippen LogP contribution in [0.15, 0.2) is 85.3 Å². The third-order valence-corrected chi connectivity index (χ3v) is 16.3. The Kier molecular flexibility index (Phi) is 16.4. The maximum atomic E-state index is 16.1. The van der Waals surface area contributed by atoms with Crippen molar-refractivity contribution in [3.63, 3.8) is 0 Å². The number of fused-ring (bicyclic) bond motifs is 2. The first-order valence-electron chi connectivity index (χ1n) is 28.5. The van der Waals surface area contributed by atoms with E-state index in [0.717, 1.165) is 89.0 Å². The Bertz CT molecular complexity index is 3580. The molecule has 2 saturated heterocycles. The monoisotopic (exact) mass is 1120 g/mol. The molecule has 5 N–H and O–H groups in total. The highest BCUT2D eigenvalue weighted by atomic mass is 19.1. The Morgan fingerprint density at radius 3 is 2.49 bits per heavy atom. The predicted molar refractivity (Wildman–Crippen MR) is 309 cm³/mol. The second-order valence-electron chi connectivity index (χ2n) is 22.4. The van der Waals surface area contributed by atoms with Crippen LogP contribution in [-0.2, 0) is 27.5 Å². The van der Waals surface area contributed by atoms with Gasteiger partial charge in [-0.1, -0.05) is 67.6 Å². The van der Waals surface area contributed by atoms with Crippen molar-refractivity contribution in [2.24, 2.45) is 5.92 Å². The van der Waals surface area contributed by atoms with Gasteiger partial charge in [-0.25, -0.2) is 9.07 Å². The summed E-state index contributed by atoms with van der Waals surface area (Å²) in [5.74, 6) is -0.0793. The second kappa shape index (κ2) is 23.9. The number of carbonyl (C=O) groups is 2. The highest BCUT2D eigenvalue weighted by Gasteiger charge is 2.43. The van der Waals surface area contributed by atoms with Crippen molar-refractivity contribution in [3.05, 3.63) is 113 Å². The standard InChI is InChI=1S/C61H72FN13O7/c1-8-74-51(20-22-65-74)42-18-16-41(17-19-42)50(31-76)66-59(78)52-24-43(77)29-73(52)60(79)56(34(2)3)75-30-49(70-71-75)40-12-10-38(11-13-40)33-81-57-54(53-37(6)47(62)26-48-46(53)28-64-69-48)44(39-14-15-39)25-45-55(57)67-61(82-32-36(5)80-7)68-58(45)72-23-9-21-63-27-35(72)4/h10-13,16-20,22,25-26,28,30,34-36,39,43,50,52,56,63,76-77H,8-9,14-15,21,23-24,27,29,31-33H2,1-7H3,(H,64,69)(H,66,78)/t35-,36-,43+,50-,52-,56-/m0/s1. The van der Waals surface area contributed by atoms with E-state index in [9.17, 15) is 19.8 Å². The van der Waals surface area contributed by atoms with Crippen molar-refractivity contribution in [2.45, 2.75) is 123 Å². The van der Waals surface area contributed by atoms with E-state index in [1.165, 1.54) is 15.6 Å². The molecule has 6 atom stereocenters. The highest BCUT2D eigenvalue weighted by Crippen LogP contribution is 2.53. The fourth-order valence-electron chi connectivity index (χ4n) is 11.6. The topological polar surface area (TPSA) is 236 Å². The molecule has 4 aromatic heterocycles. The van der Waals surface area contributed by atoms with Crippen molar-refractivity contribution in [1.29, 1.82) is 0 Å². The number of hydrogen-bond donors (Lipinski definition) is 5. The van der Waals surface area contributed by atoms with Crippen molar-refractivity contribution in [1.82, 2.24) is 60.5 Å². The summed E-state index contributed by atoms with van der Waals surface area (Å²) in [6, 6.07) is 18.6. The van der Waals surface area contributed by atoms with Gasteiger partial charge < -0.3 is 44.9 Å². The predicted octanol–water partition coefficient (Wildman–Crippen LogP) is 7.83. The number of rotatable bonds is 20. The van der Waals surface area contributed by atoms with E-state index in [0.29, 0.717) is 45.7 Å². The van der Waals surface area contributed by atoms with E-state index in [1.807, 2.05) is 87.0 Å². The zero-order valence-corrected chi connectivity index (χ0v) is 47.5. The van der Waals surface area contributed by atoms with Crippen LogP contribution in [-0.4, -0.2) is 143 Å². The van der Waals surface area contributed by atoms with Crippen LogP contribution in [0.1, 0.15) is 101 Å². The minimum Gasteiger partial charge on any atom is -0.486 e. The molecular formula is C61H72FN13O7. The molecule has 21 heteroatoms. The number of amides is 2. The van der Waals surface area contributed by atoms with Gasteiger partial charge in [-0.2, -0.15) is 20.2 Å². The van der Waals surface area contributed by atoms with Crippen LogP contribution in [0.4, 0.5) is 10.2 Å². The minimum absolute atomic E-state index is 0.0373. The average Bonchev–Trinajstić information content (AvgIpc) is 2.12. The molecule has 6 heterocycles. The van der Waals surface area contributed by atoms with Gasteiger partial charge in [-0.05, 0) is 111 Å². The van der Waals surface area contributed by atoms with Gasteiger partial charge in [0.05, 0.1) is 48.5 Å². The maximum Gasteiger partial charge on any atom is 0.319 e. The number of ether oxygens (including phenoxy) is 3. The number of H-pyrrole nitrogens is 1. The normalized spacial score (nSPS) is 18.7. The number of aromatic nitrogens is 9. The van der Waals surface area contributed by atoms with Crippen LogP contribution in [0.2, 0.25) is 0 Å². The Hall–Kier alpha value is -7.85. The summed E-state index contributed by atoms with van der Waals surface area (Å²) in [6.45, 7) is 14.8. The van der Waals surface area contributed by atoms with Crippen molar-refractivity contribution < 1.29 is 38.4 Å². The molecule has 11 rings (SSSR count). The number of methoxy groups -OCH3 is 1. The Balaban J connectivity index is 0.874. The average molecular weight is 1120 g/mol. The molecule has 3 aliphatic rings. The molecule has 3 fully saturated rings. The zero-order valence-electron chi connectivity index (χ0n) is 47.5. The number of nitrogens with zero attached hydrogens (tertiary/aromatic N) is 10. The number of anilines is 1. The molecule has 0 unspecified atom stereocenters. The quantitative estimate of drug-likeness (QED) is 0.0489. The lowest BCUT2D eigenvalue weighted by atomic mass is 9.88. The molecular weight excluding hydrogens is 1050 g/mol. The smallest absolute Gasteiger partial charge is 0.319 e. The van der Waals surface area contributed by atoms with Gasteiger partial charge in [-0.3, -0.25) is 19.4 Å². The number of β-amino-alcohol motifs (C(OH)–C–C–N with tert-alkyl or cyclic N) is 1. The number of benzene rings is 4. The van der Waals surface area contributed by atoms with Crippen LogP contribution in [0.3, 0.4) is 0 Å². The van der Waals surface area contributed by atoms with E-state index < -0.39 is 30.1 Å². The number of carbonyl (C=O) groups excluding carboxylic acids is 2. The molecule has 82 heavy (non-hydrogen) atoms. The number of halogens is 1. The molecule has 2 amide bonds. The van der Waals surface area contributed by atoms with Gasteiger partial charge in [0, 0.05) is 79.4 Å². The third kappa shape index (κ3) is 11.3. The Morgan fingerprint density at radius 1 is 0.976 bits per heavy atom. The summed E-state index contributed by atoms with van der Waals surface area (Å²) in [4.78, 5) is 42.7. The molecule has 2 aliphatic heterocycles. The summed E-state index contributed by atoms with van der Waals surface area (Å²) in [5, 5.41) is 50.2. The summed E-state index contributed by atoms with van der Waals surface area (Å²) < 4.78 is 38.6. The second-order valence-corrected chi connectivity index (χ2v) is 22.4. The van der Waals surface area contributed by atoms with E-state index in [-0.39, 0.29) is 74.5 Å². The van der Waals surface area contributed by atoms with E-state index >= 15 is 4.39 Å². The number of hydrogen-bond acceptors (Lipinski definition) is 15. The molecule has 1 saturated carbocycles. The van der Waals surface area contributed by atoms with E-state index in [1.54, 1.807) is 32.6 Å². The van der Waals surface area contributed by atoms with Gasteiger partial charge in [0.1, 0.15) is 48.1 Å². The number of aliphatic hydroxyl groups is 2. The summed E-state index contributed by atoms with van der Waals surface area (Å²) in [5.41, 5.74) is 8.74. The lowest BCUT2D eigenvalue weighted by molar-refractivity contribution is -0.142. The number of aliphatic hydroxyl groups excluding tert-OH is 2. The van der Waals surface area contributed by atoms with Crippen molar-refractivity contribution in [2.75, 3.05) is 51.4 Å². The number of aromatic amines is 1. The first kappa shape index (κ1) is 56.0. The summed E-state index contributed by atoms with van der Waals surface area (Å²) in [6.07, 6.45) is 6.93. The largest absolute Gasteiger partial charge is 0.486 e. The molecule has 0 radical (unpaired) electrons. The van der Waals surface area contributed by atoms with Gasteiger partial charge in [0.15, 0.2) is 5.75 Å². The van der Waals surface area contributed by atoms with Crippen LogP contribution in [0, 0.1) is 18.7 Å². The third-order valence-electron chi connectivity index (χ3n) is 16.3. The Labute approximate surface area is 475 Å². The SMILES string of the molecule is CCn1nccc1-c1ccc([C@H](CO)NC(=O)[C@@H]2C[C@@H](O)CN2C(=O)[C@H](C(C)C)n2cc(-c3ccc(COc4c(-c5c(C)c(F)cc6[nH]ncc56)c(C5CC5)cc5c(N6CCCNC[C@@H]6C)nc(OC[C@H](C)OC)nc45)cc3)nn2)cc1. The summed E-state index contributed by atoms with van der Waals surface area (Å²) >= 11 is 0. The lowest BCUT2D eigenvalue weighted by Gasteiger charge is -2.30. The number of likely N-dealkylation sites (tertiary alicyclic amines) is 1. The van der Waals surface area contributed by atoms with Crippen LogP contribution in [0.5, 0.6) is 11.8 Å². The number of nitrogens with one attached hydrogen (secondary N) is 3. The molecule has 1 aliphatic carbocycles. The number of aryl methyl sites for hydroxylation is 1. The molecule has 0 bridgehead atoms. The van der Waals surface area contributed by atoms with Crippen LogP contribution >= 0.6 is 0 Å². The zero-order chi connectivity index (χ0) is 57.3. The van der Waals surface area contributed by atoms with E-state index in [4.69, 9.17) is 24.2 Å². The fourth-order valence-corrected chi connectivity index (χ4v) is 11.6. The van der Waals surface area contributed by atoms with Gasteiger partial charge in [0.25, 0.3) is 0 Å². The molecule has 20 nitrogen and oxygen atoms in total. The maximum absolute atomic E-state index is 16.1. The lowest BCUT2D eigenvalue weighted by Crippen LogP contribution is -2.50. The van der Waals surface area contributed by atoms with Crippen LogP contribution < -0.4 is 25.0 Å². The van der Waals surface area contributed by atoms with Gasteiger partial charge in [-0.15, -0.1) is 5.10 Å². The minimum atomic E-state index is -0.987. The molecule has 430 valence electrons. The Morgan fingerprint density at radius 2 is 1.76 bits per heavy atom. The first-order chi connectivity index (χ1) is 39.7. The molecule has 0 spiro atoms.